The van der Waals surface area contributed by atoms with Crippen molar-refractivity contribution >= 4 is 43.4 Å². The number of rotatable bonds is 4. The first-order chi connectivity index (χ1) is 50.3. The Morgan fingerprint density at radius 1 is 0.223 bits per heavy atom. The average Bonchev–Trinajstić information content (AvgIpc) is 0.783. The van der Waals surface area contributed by atoms with E-state index in [1.165, 1.54) is 32.3 Å². The summed E-state index contributed by atoms with van der Waals surface area (Å²) >= 11 is 0. The van der Waals surface area contributed by atoms with Gasteiger partial charge < -0.3 is 0 Å². The van der Waals surface area contributed by atoms with E-state index in [4.69, 9.17) is 0 Å². The maximum atomic E-state index is 4.60. The minimum absolute atomic E-state index is 0.561. The van der Waals surface area contributed by atoms with Crippen LogP contribution in [0.15, 0.2) is 311 Å². The molecule has 0 aliphatic rings. The fourth-order valence-electron chi connectivity index (χ4n) is 9.65. The summed E-state index contributed by atoms with van der Waals surface area (Å²) < 4.78 is 0. The molecule has 0 atom stereocenters. The second-order valence-electron chi connectivity index (χ2n) is 23.0. The topological polar surface area (TPSA) is 232 Å². The summed E-state index contributed by atoms with van der Waals surface area (Å²) in [5.74, 6) is 4.09. The Morgan fingerprint density at radius 3 is 1.26 bits per heavy atom. The Labute approximate surface area is 600 Å². The Hall–Kier alpha value is -13.5. The number of aromatic nitrogens is 18. The van der Waals surface area contributed by atoms with Gasteiger partial charge in [0, 0.05) is 110 Å². The molecule has 9 aromatic heterocycles. The second kappa shape index (κ2) is 39.8. The number of hydrogen-bond donors (Lipinski definition) is 0. The van der Waals surface area contributed by atoms with Crippen molar-refractivity contribution in [2.24, 2.45) is 0 Å². The van der Waals surface area contributed by atoms with Gasteiger partial charge in [-0.3, -0.25) is 24.9 Å². The zero-order valence-corrected chi connectivity index (χ0v) is 59.0. The number of para-hydroxylation sites is 2. The molecule has 0 bridgehead atoms. The molecule has 0 saturated heterocycles. The summed E-state index contributed by atoms with van der Waals surface area (Å²) in [6.07, 6.45) is 15.6. The van der Waals surface area contributed by atoms with Crippen LogP contribution in [0.3, 0.4) is 0 Å². The number of nitrogens with zero attached hydrogens (tertiary/aromatic N) is 18. The molecule has 9 heterocycles. The van der Waals surface area contributed by atoms with Crippen LogP contribution >= 0.6 is 0 Å². The zero-order valence-electron chi connectivity index (χ0n) is 59.0. The van der Waals surface area contributed by atoms with Crippen LogP contribution in [-0.4, -0.2) is 90.6 Å². The zero-order chi connectivity index (χ0) is 72.2. The van der Waals surface area contributed by atoms with E-state index in [1.54, 1.807) is 44.1 Å². The fourth-order valence-corrected chi connectivity index (χ4v) is 9.65. The summed E-state index contributed by atoms with van der Waals surface area (Å²) in [5, 5.41) is 37.6. The van der Waals surface area contributed by atoms with Crippen molar-refractivity contribution < 1.29 is 0 Å². The van der Waals surface area contributed by atoms with Crippen molar-refractivity contribution in [3.63, 3.8) is 0 Å². The number of benzene rings is 8. The van der Waals surface area contributed by atoms with Gasteiger partial charge in [-0.1, -0.05) is 212 Å². The number of hydrogen-bond acceptors (Lipinski definition) is 18. The number of pyridine rings is 3. The quantitative estimate of drug-likeness (QED) is 0.149. The van der Waals surface area contributed by atoms with E-state index in [1.807, 2.05) is 255 Å². The third-order valence-corrected chi connectivity index (χ3v) is 14.8. The summed E-state index contributed by atoms with van der Waals surface area (Å²) in [6, 6.07) is 84.5. The molecular formula is C85H78N18. The Kier molecular flexibility index (Phi) is 28.5. The Bertz CT molecular complexity index is 5050. The normalized spacial score (nSPS) is 9.99. The van der Waals surface area contributed by atoms with Crippen LogP contribution in [0.25, 0.3) is 88.9 Å². The van der Waals surface area contributed by atoms with Gasteiger partial charge in [-0.2, -0.15) is 20.4 Å². The lowest BCUT2D eigenvalue weighted by Gasteiger charge is -2.05. The lowest BCUT2D eigenvalue weighted by molar-refractivity contribution is 0.816. The van der Waals surface area contributed by atoms with E-state index in [9.17, 15) is 0 Å². The van der Waals surface area contributed by atoms with Gasteiger partial charge in [-0.25, -0.2) is 24.9 Å². The largest absolute Gasteiger partial charge is 0.261 e. The summed E-state index contributed by atoms with van der Waals surface area (Å²) in [4.78, 5) is 42.8. The molecule has 0 unspecified atom stereocenters. The van der Waals surface area contributed by atoms with Crippen molar-refractivity contribution in [1.29, 1.82) is 0 Å². The maximum Gasteiger partial charge on any atom is 0.203 e. The number of aryl methyl sites for hydroxylation is 9. The highest BCUT2D eigenvalue weighted by Crippen LogP contribution is 2.26. The molecule has 17 aromatic rings. The van der Waals surface area contributed by atoms with Gasteiger partial charge in [0.25, 0.3) is 0 Å². The van der Waals surface area contributed by atoms with E-state index >= 15 is 0 Å². The predicted molar refractivity (Wildman–Crippen MR) is 413 cm³/mol. The molecule has 0 aliphatic carbocycles. The smallest absolute Gasteiger partial charge is 0.203 e. The molecule has 0 N–H and O–H groups in total. The maximum absolute atomic E-state index is 4.60. The average molecular weight is 1350 g/mol. The molecule has 0 radical (unpaired) electrons. The van der Waals surface area contributed by atoms with Gasteiger partial charge in [0.2, 0.25) is 5.82 Å². The minimum atomic E-state index is 0.561. The van der Waals surface area contributed by atoms with Gasteiger partial charge in [0.1, 0.15) is 5.82 Å². The van der Waals surface area contributed by atoms with Crippen molar-refractivity contribution in [1.82, 2.24) is 90.6 Å². The lowest BCUT2D eigenvalue weighted by atomic mass is 10.0. The molecule has 508 valence electrons. The van der Waals surface area contributed by atoms with E-state index in [2.05, 4.69) is 164 Å². The highest BCUT2D eigenvalue weighted by Gasteiger charge is 2.09. The van der Waals surface area contributed by atoms with Crippen molar-refractivity contribution in [2.75, 3.05) is 0 Å². The van der Waals surface area contributed by atoms with E-state index < -0.39 is 0 Å². The first-order valence-electron chi connectivity index (χ1n) is 33.2. The van der Waals surface area contributed by atoms with Crippen LogP contribution < -0.4 is 0 Å². The second-order valence-corrected chi connectivity index (χ2v) is 23.0. The highest BCUT2D eigenvalue weighted by molar-refractivity contribution is 6.06. The summed E-state index contributed by atoms with van der Waals surface area (Å²) in [7, 11) is 0. The van der Waals surface area contributed by atoms with E-state index in [0.29, 0.717) is 23.3 Å². The summed E-state index contributed by atoms with van der Waals surface area (Å²) in [6.45, 7) is 17.5. The van der Waals surface area contributed by atoms with Crippen molar-refractivity contribution in [2.45, 2.75) is 62.3 Å². The molecule has 18 nitrogen and oxygen atoms in total. The van der Waals surface area contributed by atoms with Crippen LogP contribution in [0.5, 0.6) is 0 Å². The molecule has 0 fully saturated rings. The van der Waals surface area contributed by atoms with Crippen LogP contribution in [0.4, 0.5) is 0 Å². The highest BCUT2D eigenvalue weighted by atomic mass is 15.3. The monoisotopic (exact) mass is 1350 g/mol. The van der Waals surface area contributed by atoms with Gasteiger partial charge >= 0.3 is 0 Å². The van der Waals surface area contributed by atoms with Gasteiger partial charge in [-0.05, 0) is 127 Å². The SMILES string of the molecule is Cc1ccc2ccccc2n1.Cc1cccnn1.Cc1ccnnc1.Cc1cnc(-c2ccccc2)nc1.Cc1cnccn1.Cc1nc(-c2ccccc2)nc(-c2ccccc2)n1.Cc1nc2ccccc2c2ccccc12.Cc1nccc2ccccc12.Cc1nnc(-c2ccccc2)nn1. The molecular weight excluding hydrogens is 1270 g/mol. The van der Waals surface area contributed by atoms with Gasteiger partial charge in [0.05, 0.1) is 28.6 Å². The number of fused-ring (bicyclic) bond motifs is 5. The van der Waals surface area contributed by atoms with E-state index in [-0.39, 0.29) is 0 Å². The molecule has 0 amide bonds. The first-order valence-corrected chi connectivity index (χ1v) is 33.2. The molecule has 17 rings (SSSR count). The molecule has 0 aliphatic heterocycles. The van der Waals surface area contributed by atoms with Crippen LogP contribution in [0.2, 0.25) is 0 Å². The van der Waals surface area contributed by atoms with Crippen LogP contribution in [0, 0.1) is 62.3 Å². The van der Waals surface area contributed by atoms with E-state index in [0.717, 1.165) is 84.5 Å². The molecule has 8 aromatic carbocycles. The molecule has 18 heteroatoms. The fraction of sp³-hybridized carbons (Fsp3) is 0.106. The molecule has 103 heavy (non-hydrogen) atoms. The Balaban J connectivity index is 0.000000137. The van der Waals surface area contributed by atoms with Gasteiger partial charge in [0.15, 0.2) is 23.3 Å². The van der Waals surface area contributed by atoms with Gasteiger partial charge in [-0.15, -0.1) is 20.4 Å². The van der Waals surface area contributed by atoms with Crippen molar-refractivity contribution in [3.8, 4) is 45.6 Å². The third-order valence-electron chi connectivity index (χ3n) is 14.8. The molecule has 0 saturated carbocycles. The molecule has 0 spiro atoms. The lowest BCUT2D eigenvalue weighted by Crippen LogP contribution is -1.99. The predicted octanol–water partition coefficient (Wildman–Crippen LogP) is 18.3. The van der Waals surface area contributed by atoms with Crippen LogP contribution in [0.1, 0.15) is 51.2 Å². The summed E-state index contributed by atoms with van der Waals surface area (Å²) in [5.41, 5.74) is 13.6. The van der Waals surface area contributed by atoms with Crippen molar-refractivity contribution in [3.05, 3.63) is 362 Å². The first kappa shape index (κ1) is 73.8. The third kappa shape index (κ3) is 24.2. The standard InChI is InChI=1S/C16H13N3.C14H11N.C11H10N2.2C10H9N.C9H8N4.3C5H6N2/c1-12-17-15(13-8-4-2-5-9-13)19-16(18-12)14-10-6-3-7-11-14;1-10-11-6-2-3-7-12(11)13-8-4-5-9-14(13)15-10;1-9-7-12-11(13-8-9)10-5-3-2-4-6-10;1-8-10-5-3-2-4-9(10)6-7-11-8;1-8-6-7-9-4-2-3-5-10(9)11-8;1-7-10-12-9(13-11-7)8-5-3-2-4-6-8;1-5-4-6-2-3-7-5;1-5-2-3-6-7-4-5;1-5-3-2-4-6-7-5/h2-11H,1H3;2-9H,1H3;2-8H,1H3;2*2-7H,1H3;2-6H,1H3;3*2-4H,1H3. The van der Waals surface area contributed by atoms with Crippen LogP contribution in [-0.2, 0) is 0 Å². The minimum Gasteiger partial charge on any atom is -0.261 e. The Morgan fingerprint density at radius 2 is 0.757 bits per heavy atom.